The van der Waals surface area contributed by atoms with E-state index in [-0.39, 0.29) is 18.5 Å². The molecule has 0 radical (unpaired) electrons. The molecule has 0 bridgehead atoms. The SMILES string of the molecule is CCOc1cc(C#N)ccc1C1=N[C@@H](c2ccc(Cl)cc2)[C@@H](c2ccc(Cl)cc2)N1C(=O)N1CCN(CC(=O)NCCOC)CC1. The third-order valence-electron chi connectivity index (χ3n) is 7.99. The normalized spacial score (nSPS) is 18.2. The van der Waals surface area contributed by atoms with Gasteiger partial charge in [-0.05, 0) is 60.5 Å². The van der Waals surface area contributed by atoms with E-state index in [4.69, 9.17) is 37.7 Å². The van der Waals surface area contributed by atoms with Gasteiger partial charge in [-0.2, -0.15) is 5.26 Å². The molecule has 3 aromatic carbocycles. The van der Waals surface area contributed by atoms with Gasteiger partial charge in [0.15, 0.2) is 0 Å². The minimum absolute atomic E-state index is 0.0799. The fourth-order valence-corrected chi connectivity index (χ4v) is 5.96. The molecular weight excluding hydrogens is 627 g/mol. The maximum absolute atomic E-state index is 14.7. The first-order valence-electron chi connectivity index (χ1n) is 15.1. The van der Waals surface area contributed by atoms with Crippen LogP contribution in [0.5, 0.6) is 5.75 Å². The standard InChI is InChI=1S/C34H36Cl2N6O4/c1-3-46-29-20-23(21-37)4-13-28(29)33-39-31(24-5-9-26(35)10-6-24)32(25-7-11-27(36)12-8-25)42(33)34(44)41-17-15-40(16-18-41)22-30(43)38-14-19-45-2/h4-13,20,31-32H,3,14-19,22H2,1-2H3,(H,38,43)/t31-,32+/m0/s1. The Morgan fingerprint density at radius 3 is 2.24 bits per heavy atom. The number of amidine groups is 1. The summed E-state index contributed by atoms with van der Waals surface area (Å²) in [4.78, 5) is 37.8. The molecule has 240 valence electrons. The van der Waals surface area contributed by atoms with Crippen molar-refractivity contribution in [3.63, 3.8) is 0 Å². The number of rotatable bonds is 10. The van der Waals surface area contributed by atoms with Crippen molar-refractivity contribution in [1.82, 2.24) is 20.0 Å². The van der Waals surface area contributed by atoms with Gasteiger partial charge < -0.3 is 19.7 Å². The van der Waals surface area contributed by atoms with Crippen molar-refractivity contribution in [2.45, 2.75) is 19.0 Å². The van der Waals surface area contributed by atoms with E-state index in [2.05, 4.69) is 11.4 Å². The number of carbonyl (C=O) groups excluding carboxylic acids is 2. The fourth-order valence-electron chi connectivity index (χ4n) is 5.71. The quantitative estimate of drug-likeness (QED) is 0.295. The monoisotopic (exact) mass is 662 g/mol. The van der Waals surface area contributed by atoms with Crippen LogP contribution in [-0.4, -0.2) is 92.1 Å². The minimum Gasteiger partial charge on any atom is -0.493 e. The van der Waals surface area contributed by atoms with Crippen LogP contribution in [0.1, 0.15) is 41.3 Å². The zero-order chi connectivity index (χ0) is 32.6. The molecule has 1 fully saturated rings. The van der Waals surface area contributed by atoms with Gasteiger partial charge in [-0.15, -0.1) is 0 Å². The molecule has 0 aromatic heterocycles. The lowest BCUT2D eigenvalue weighted by Gasteiger charge is -2.39. The number of hydrogen-bond donors (Lipinski definition) is 1. The molecule has 0 spiro atoms. The Morgan fingerprint density at radius 2 is 1.63 bits per heavy atom. The molecule has 1 N–H and O–H groups in total. The van der Waals surface area contributed by atoms with Crippen LogP contribution in [0.25, 0.3) is 0 Å². The number of halogens is 2. The minimum atomic E-state index is -0.518. The summed E-state index contributed by atoms with van der Waals surface area (Å²) in [5.74, 6) is 0.829. The van der Waals surface area contributed by atoms with Crippen molar-refractivity contribution in [2.24, 2.45) is 4.99 Å². The van der Waals surface area contributed by atoms with Gasteiger partial charge in [-0.25, -0.2) is 4.79 Å². The molecule has 5 rings (SSSR count). The zero-order valence-corrected chi connectivity index (χ0v) is 27.3. The summed E-state index contributed by atoms with van der Waals surface area (Å²) < 4.78 is 11.0. The van der Waals surface area contributed by atoms with Crippen molar-refractivity contribution in [3.05, 3.63) is 99.0 Å². The van der Waals surface area contributed by atoms with E-state index in [1.165, 1.54) is 0 Å². The number of nitriles is 1. The summed E-state index contributed by atoms with van der Waals surface area (Å²) >= 11 is 12.5. The highest BCUT2D eigenvalue weighted by molar-refractivity contribution is 6.30. The van der Waals surface area contributed by atoms with E-state index in [0.717, 1.165) is 11.1 Å². The Morgan fingerprint density at radius 1 is 0.978 bits per heavy atom. The summed E-state index contributed by atoms with van der Waals surface area (Å²) in [7, 11) is 1.59. The summed E-state index contributed by atoms with van der Waals surface area (Å²) in [5, 5.41) is 13.6. The van der Waals surface area contributed by atoms with E-state index in [1.807, 2.05) is 48.2 Å². The zero-order valence-electron chi connectivity index (χ0n) is 25.8. The van der Waals surface area contributed by atoms with Gasteiger partial charge in [0.2, 0.25) is 5.91 Å². The lowest BCUT2D eigenvalue weighted by Crippen LogP contribution is -2.55. The molecule has 10 nitrogen and oxygen atoms in total. The Labute approximate surface area is 279 Å². The number of carbonyl (C=O) groups is 2. The van der Waals surface area contributed by atoms with Crippen LogP contribution in [0.2, 0.25) is 10.0 Å². The Bertz CT molecular complexity index is 1600. The smallest absolute Gasteiger partial charge is 0.326 e. The molecule has 0 aliphatic carbocycles. The highest BCUT2D eigenvalue weighted by Gasteiger charge is 2.45. The van der Waals surface area contributed by atoms with Crippen LogP contribution < -0.4 is 10.1 Å². The maximum Gasteiger partial charge on any atom is 0.326 e. The Kier molecular flexibility index (Phi) is 11.1. The lowest BCUT2D eigenvalue weighted by atomic mass is 9.93. The summed E-state index contributed by atoms with van der Waals surface area (Å²) in [6, 6.07) is 21.0. The number of nitrogens with one attached hydrogen (secondary N) is 1. The van der Waals surface area contributed by atoms with Crippen molar-refractivity contribution in [1.29, 1.82) is 5.26 Å². The Hall–Kier alpha value is -4.14. The van der Waals surface area contributed by atoms with E-state index in [0.29, 0.717) is 78.7 Å². The molecule has 0 saturated carbocycles. The summed E-state index contributed by atoms with van der Waals surface area (Å²) in [6.45, 7) is 5.31. The van der Waals surface area contributed by atoms with Crippen molar-refractivity contribution >= 4 is 41.0 Å². The van der Waals surface area contributed by atoms with Crippen molar-refractivity contribution < 1.29 is 19.1 Å². The molecule has 0 unspecified atom stereocenters. The van der Waals surface area contributed by atoms with Gasteiger partial charge >= 0.3 is 6.03 Å². The van der Waals surface area contributed by atoms with Gasteiger partial charge in [0.05, 0.1) is 43.0 Å². The molecule has 3 aromatic rings. The number of aliphatic imine (C=N–C) groups is 1. The van der Waals surface area contributed by atoms with Crippen LogP contribution in [0.15, 0.2) is 71.7 Å². The molecule has 2 heterocycles. The first-order chi connectivity index (χ1) is 22.3. The predicted molar refractivity (Wildman–Crippen MR) is 177 cm³/mol. The topological polar surface area (TPSA) is 110 Å². The molecule has 12 heteroatoms. The van der Waals surface area contributed by atoms with Crippen LogP contribution in [-0.2, 0) is 9.53 Å². The van der Waals surface area contributed by atoms with Crippen LogP contribution in [0.4, 0.5) is 4.79 Å². The molecule has 3 amide bonds. The van der Waals surface area contributed by atoms with Crippen LogP contribution in [0, 0.1) is 11.3 Å². The Balaban J connectivity index is 1.52. The number of benzene rings is 3. The number of piperazine rings is 1. The second-order valence-corrected chi connectivity index (χ2v) is 11.8. The van der Waals surface area contributed by atoms with Crippen LogP contribution >= 0.6 is 23.2 Å². The van der Waals surface area contributed by atoms with E-state index >= 15 is 0 Å². The molecule has 2 aliphatic heterocycles. The van der Waals surface area contributed by atoms with Gasteiger partial charge in [0, 0.05) is 49.9 Å². The first-order valence-corrected chi connectivity index (χ1v) is 15.9. The highest BCUT2D eigenvalue weighted by atomic mass is 35.5. The van der Waals surface area contributed by atoms with E-state index in [1.54, 1.807) is 47.2 Å². The average Bonchev–Trinajstić information content (AvgIpc) is 3.46. The third-order valence-corrected chi connectivity index (χ3v) is 8.49. The number of urea groups is 1. The molecule has 2 aliphatic rings. The average molecular weight is 664 g/mol. The molecule has 2 atom stereocenters. The fraction of sp³-hybridized carbons (Fsp3) is 0.353. The number of nitrogens with zero attached hydrogens (tertiary/aromatic N) is 5. The van der Waals surface area contributed by atoms with Gasteiger partial charge in [0.1, 0.15) is 17.6 Å². The third kappa shape index (κ3) is 7.62. The van der Waals surface area contributed by atoms with Gasteiger partial charge in [-0.3, -0.25) is 19.6 Å². The largest absolute Gasteiger partial charge is 0.493 e. The number of hydrogen-bond acceptors (Lipinski definition) is 7. The second-order valence-electron chi connectivity index (χ2n) is 11.0. The highest BCUT2D eigenvalue weighted by Crippen LogP contribution is 2.45. The maximum atomic E-state index is 14.7. The van der Waals surface area contributed by atoms with Gasteiger partial charge in [0.25, 0.3) is 0 Å². The first kappa shape index (κ1) is 33.2. The van der Waals surface area contributed by atoms with Crippen LogP contribution in [0.3, 0.4) is 0 Å². The lowest BCUT2D eigenvalue weighted by molar-refractivity contribution is -0.122. The summed E-state index contributed by atoms with van der Waals surface area (Å²) in [6.07, 6.45) is 0. The molecule has 1 saturated heterocycles. The second kappa shape index (κ2) is 15.4. The van der Waals surface area contributed by atoms with Gasteiger partial charge in [-0.1, -0.05) is 47.5 Å². The van der Waals surface area contributed by atoms with E-state index < -0.39 is 12.1 Å². The molecular formula is C34H36Cl2N6O4. The number of amides is 3. The van der Waals surface area contributed by atoms with Crippen molar-refractivity contribution in [2.75, 3.05) is 59.6 Å². The predicted octanol–water partition coefficient (Wildman–Crippen LogP) is 5.31. The number of methoxy groups -OCH3 is 1. The summed E-state index contributed by atoms with van der Waals surface area (Å²) in [5.41, 5.74) is 2.79. The molecule has 46 heavy (non-hydrogen) atoms. The van der Waals surface area contributed by atoms with E-state index in [9.17, 15) is 14.9 Å². The number of ether oxygens (including phenoxy) is 2. The van der Waals surface area contributed by atoms with Crippen molar-refractivity contribution in [3.8, 4) is 11.8 Å².